The molecule has 1 aromatic carbocycles. The smallest absolute Gasteiger partial charge is 0.385 e. The molecule has 0 fully saturated rings. The molecule has 108 valence electrons. The average molecular weight is 286 g/mol. The highest BCUT2D eigenvalue weighted by Gasteiger charge is 2.35. The lowest BCUT2D eigenvalue weighted by molar-refractivity contribution is -0.137. The maximum absolute atomic E-state index is 12.9. The van der Waals surface area contributed by atoms with Crippen LogP contribution in [-0.4, -0.2) is 15.2 Å². The monoisotopic (exact) mass is 286 g/mol. The predicted molar refractivity (Wildman–Crippen MR) is 64.6 cm³/mol. The van der Waals surface area contributed by atoms with Gasteiger partial charge in [-0.05, 0) is 18.6 Å². The van der Waals surface area contributed by atoms with Gasteiger partial charge in [-0.1, -0.05) is 30.6 Å². The zero-order valence-electron chi connectivity index (χ0n) is 10.7. The third kappa shape index (κ3) is 2.98. The van der Waals surface area contributed by atoms with E-state index in [9.17, 15) is 18.3 Å². The number of halogens is 3. The number of alkyl halides is 3. The van der Waals surface area contributed by atoms with E-state index in [-0.39, 0.29) is 17.3 Å². The minimum absolute atomic E-state index is 0.00109. The van der Waals surface area contributed by atoms with E-state index >= 15 is 0 Å². The van der Waals surface area contributed by atoms with E-state index in [1.807, 2.05) is 6.92 Å². The van der Waals surface area contributed by atoms with Gasteiger partial charge < -0.3 is 9.63 Å². The van der Waals surface area contributed by atoms with E-state index < -0.39 is 17.8 Å². The van der Waals surface area contributed by atoms with E-state index in [0.29, 0.717) is 12.8 Å². The second-order valence-electron chi connectivity index (χ2n) is 4.31. The molecule has 1 unspecified atom stereocenters. The molecule has 2 rings (SSSR count). The van der Waals surface area contributed by atoms with Crippen LogP contribution in [0.3, 0.4) is 0 Å². The van der Waals surface area contributed by atoms with Gasteiger partial charge in [-0.3, -0.25) is 0 Å². The molecule has 7 heteroatoms. The minimum atomic E-state index is -4.51. The Bertz CT molecular complexity index is 581. The van der Waals surface area contributed by atoms with Crippen molar-refractivity contribution in [3.63, 3.8) is 0 Å². The Morgan fingerprint density at radius 3 is 2.65 bits per heavy atom. The molecular formula is C13H13F3N2O2. The molecule has 4 nitrogen and oxygen atoms in total. The van der Waals surface area contributed by atoms with Crippen molar-refractivity contribution in [2.24, 2.45) is 0 Å². The Morgan fingerprint density at radius 1 is 1.30 bits per heavy atom. The molecule has 0 amide bonds. The van der Waals surface area contributed by atoms with Crippen LogP contribution in [0, 0.1) is 0 Å². The van der Waals surface area contributed by atoms with Crippen molar-refractivity contribution in [1.82, 2.24) is 10.1 Å². The Hall–Kier alpha value is -1.89. The largest absolute Gasteiger partial charge is 0.417 e. The number of benzene rings is 1. The molecule has 1 aromatic heterocycles. The zero-order valence-corrected chi connectivity index (χ0v) is 10.7. The quantitative estimate of drug-likeness (QED) is 0.933. The van der Waals surface area contributed by atoms with E-state index in [4.69, 9.17) is 4.52 Å². The molecule has 1 heterocycles. The van der Waals surface area contributed by atoms with Crippen LogP contribution in [-0.2, 0) is 6.18 Å². The topological polar surface area (TPSA) is 59.2 Å². The first kappa shape index (κ1) is 14.5. The van der Waals surface area contributed by atoms with Crippen LogP contribution < -0.4 is 0 Å². The normalized spacial score (nSPS) is 13.4. The van der Waals surface area contributed by atoms with Crippen molar-refractivity contribution in [3.8, 4) is 11.5 Å². The first-order chi connectivity index (χ1) is 9.43. The Kier molecular flexibility index (Phi) is 4.08. The molecule has 0 spiro atoms. The summed E-state index contributed by atoms with van der Waals surface area (Å²) in [4.78, 5) is 3.85. The highest BCUT2D eigenvalue weighted by molar-refractivity contribution is 5.59. The molecule has 1 atom stereocenters. The third-order valence-corrected chi connectivity index (χ3v) is 2.76. The van der Waals surface area contributed by atoms with Gasteiger partial charge >= 0.3 is 6.18 Å². The molecule has 20 heavy (non-hydrogen) atoms. The molecule has 0 aliphatic rings. The standard InChI is InChI=1S/C13H13F3N2O2/c1-2-5-10(19)11-17-12(20-18-11)8-6-3-4-7-9(8)13(14,15)16/h3-4,6-7,10,19H,2,5H2,1H3. The summed E-state index contributed by atoms with van der Waals surface area (Å²) in [6, 6.07) is 4.94. The number of hydrogen-bond donors (Lipinski definition) is 1. The van der Waals surface area contributed by atoms with Crippen molar-refractivity contribution in [3.05, 3.63) is 35.7 Å². The summed E-state index contributed by atoms with van der Waals surface area (Å²) in [6.07, 6.45) is -4.33. The molecule has 0 radical (unpaired) electrons. The summed E-state index contributed by atoms with van der Waals surface area (Å²) in [6.45, 7) is 1.86. The van der Waals surface area contributed by atoms with Crippen molar-refractivity contribution in [1.29, 1.82) is 0 Å². The number of aliphatic hydroxyl groups is 1. The fourth-order valence-electron chi connectivity index (χ4n) is 1.80. The number of aliphatic hydroxyl groups excluding tert-OH is 1. The highest BCUT2D eigenvalue weighted by Crippen LogP contribution is 2.36. The zero-order chi connectivity index (χ0) is 14.8. The average Bonchev–Trinajstić information content (AvgIpc) is 2.87. The van der Waals surface area contributed by atoms with Gasteiger partial charge in [0.05, 0.1) is 11.1 Å². The lowest BCUT2D eigenvalue weighted by Gasteiger charge is -2.09. The van der Waals surface area contributed by atoms with Gasteiger partial charge in [0.15, 0.2) is 0 Å². The number of nitrogens with zero attached hydrogens (tertiary/aromatic N) is 2. The number of aromatic nitrogens is 2. The first-order valence-corrected chi connectivity index (χ1v) is 6.11. The SMILES string of the molecule is CCCC(O)c1noc(-c2ccccc2C(F)(F)F)n1. The van der Waals surface area contributed by atoms with Gasteiger partial charge in [-0.2, -0.15) is 18.2 Å². The van der Waals surface area contributed by atoms with Crippen LogP contribution in [0.5, 0.6) is 0 Å². The van der Waals surface area contributed by atoms with Crippen LogP contribution in [0.2, 0.25) is 0 Å². The molecular weight excluding hydrogens is 273 g/mol. The number of hydrogen-bond acceptors (Lipinski definition) is 4. The minimum Gasteiger partial charge on any atom is -0.385 e. The van der Waals surface area contributed by atoms with E-state index in [0.717, 1.165) is 6.07 Å². The molecule has 1 N–H and O–H groups in total. The maximum atomic E-state index is 12.9. The van der Waals surface area contributed by atoms with Gasteiger partial charge in [0, 0.05) is 0 Å². The van der Waals surface area contributed by atoms with Gasteiger partial charge in [-0.25, -0.2) is 0 Å². The summed E-state index contributed by atoms with van der Waals surface area (Å²) in [7, 11) is 0. The van der Waals surface area contributed by atoms with Crippen molar-refractivity contribution < 1.29 is 22.8 Å². The summed E-state index contributed by atoms with van der Waals surface area (Å²) < 4.78 is 43.5. The van der Waals surface area contributed by atoms with E-state index in [1.165, 1.54) is 18.2 Å². The van der Waals surface area contributed by atoms with Crippen molar-refractivity contribution in [2.45, 2.75) is 32.0 Å². The summed E-state index contributed by atoms with van der Waals surface area (Å²) in [5.74, 6) is -0.248. The van der Waals surface area contributed by atoms with Gasteiger partial charge in [-0.15, -0.1) is 0 Å². The van der Waals surface area contributed by atoms with E-state index in [2.05, 4.69) is 10.1 Å². The van der Waals surface area contributed by atoms with Crippen molar-refractivity contribution >= 4 is 0 Å². The Balaban J connectivity index is 2.38. The predicted octanol–water partition coefficient (Wildman–Crippen LogP) is 3.59. The lowest BCUT2D eigenvalue weighted by Crippen LogP contribution is -2.07. The van der Waals surface area contributed by atoms with Crippen molar-refractivity contribution in [2.75, 3.05) is 0 Å². The van der Waals surface area contributed by atoms with Crippen LogP contribution in [0.4, 0.5) is 13.2 Å². The van der Waals surface area contributed by atoms with Gasteiger partial charge in [0.2, 0.25) is 5.82 Å². The van der Waals surface area contributed by atoms with Crippen LogP contribution in [0.1, 0.15) is 37.3 Å². The second kappa shape index (κ2) is 5.62. The maximum Gasteiger partial charge on any atom is 0.417 e. The molecule has 0 saturated carbocycles. The highest BCUT2D eigenvalue weighted by atomic mass is 19.4. The fourth-order valence-corrected chi connectivity index (χ4v) is 1.80. The molecule has 0 saturated heterocycles. The molecule has 0 bridgehead atoms. The number of rotatable bonds is 4. The second-order valence-corrected chi connectivity index (χ2v) is 4.31. The van der Waals surface area contributed by atoms with Gasteiger partial charge in [0.25, 0.3) is 5.89 Å². The lowest BCUT2D eigenvalue weighted by atomic mass is 10.1. The Morgan fingerprint density at radius 2 is 2.00 bits per heavy atom. The molecule has 0 aliphatic carbocycles. The van der Waals surface area contributed by atoms with Crippen LogP contribution in [0.15, 0.2) is 28.8 Å². The van der Waals surface area contributed by atoms with Gasteiger partial charge in [0.1, 0.15) is 6.10 Å². The summed E-state index contributed by atoms with van der Waals surface area (Å²) in [5, 5.41) is 13.2. The molecule has 0 aliphatic heterocycles. The molecule has 2 aromatic rings. The third-order valence-electron chi connectivity index (χ3n) is 2.76. The van der Waals surface area contributed by atoms with E-state index in [1.54, 1.807) is 0 Å². The van der Waals surface area contributed by atoms with Crippen LogP contribution >= 0.6 is 0 Å². The first-order valence-electron chi connectivity index (χ1n) is 6.11. The fraction of sp³-hybridized carbons (Fsp3) is 0.385. The van der Waals surface area contributed by atoms with Crippen LogP contribution in [0.25, 0.3) is 11.5 Å². The Labute approximate surface area is 113 Å². The summed E-state index contributed by atoms with van der Waals surface area (Å²) >= 11 is 0. The summed E-state index contributed by atoms with van der Waals surface area (Å²) in [5.41, 5.74) is -1.04.